The number of aliphatic hydroxyl groups excluding tert-OH is 1. The molecule has 1 heterocycles. The minimum atomic E-state index is -0.0230. The van der Waals surface area contributed by atoms with Crippen LogP contribution in [0.1, 0.15) is 5.56 Å². The molecular formula is C9H9NOS2. The average Bonchev–Trinajstić information content (AvgIpc) is 2.46. The molecule has 13 heavy (non-hydrogen) atoms. The van der Waals surface area contributed by atoms with Gasteiger partial charge < -0.3 is 10.8 Å². The van der Waals surface area contributed by atoms with Crippen molar-refractivity contribution in [1.29, 1.82) is 0 Å². The third-order valence-electron chi connectivity index (χ3n) is 1.99. The van der Waals surface area contributed by atoms with Crippen molar-refractivity contribution in [2.24, 2.45) is 0 Å². The van der Waals surface area contributed by atoms with Gasteiger partial charge in [-0.25, -0.2) is 0 Å². The second kappa shape index (κ2) is 3.21. The molecule has 0 spiro atoms. The van der Waals surface area contributed by atoms with Crippen LogP contribution in [-0.2, 0) is 6.61 Å². The first-order valence-electron chi connectivity index (χ1n) is 3.82. The van der Waals surface area contributed by atoms with Crippen molar-refractivity contribution in [2.75, 3.05) is 5.73 Å². The van der Waals surface area contributed by atoms with Crippen LogP contribution in [0, 0.1) is 0 Å². The predicted octanol–water partition coefficient (Wildman–Crippen LogP) is 2.26. The highest BCUT2D eigenvalue weighted by atomic mass is 32.1. The number of benzene rings is 1. The van der Waals surface area contributed by atoms with E-state index >= 15 is 0 Å². The van der Waals surface area contributed by atoms with Gasteiger partial charge in [-0.15, -0.1) is 24.0 Å². The van der Waals surface area contributed by atoms with Gasteiger partial charge in [0.2, 0.25) is 0 Å². The van der Waals surface area contributed by atoms with Gasteiger partial charge in [0.1, 0.15) is 0 Å². The van der Waals surface area contributed by atoms with E-state index in [1.54, 1.807) is 11.3 Å². The Morgan fingerprint density at radius 1 is 1.46 bits per heavy atom. The van der Waals surface area contributed by atoms with Crippen LogP contribution in [0.2, 0.25) is 0 Å². The molecule has 0 atom stereocenters. The fraction of sp³-hybridized carbons (Fsp3) is 0.111. The molecule has 0 aliphatic heterocycles. The highest BCUT2D eigenvalue weighted by Crippen LogP contribution is 2.32. The van der Waals surface area contributed by atoms with E-state index in [9.17, 15) is 0 Å². The van der Waals surface area contributed by atoms with Crippen molar-refractivity contribution in [3.05, 3.63) is 23.1 Å². The molecule has 1 aromatic heterocycles. The molecule has 0 bridgehead atoms. The third-order valence-corrected chi connectivity index (χ3v) is 3.48. The lowest BCUT2D eigenvalue weighted by atomic mass is 10.1. The normalized spacial score (nSPS) is 10.9. The number of aliphatic hydroxyl groups is 1. The van der Waals surface area contributed by atoms with E-state index in [-0.39, 0.29) is 6.61 Å². The van der Waals surface area contributed by atoms with Gasteiger partial charge in [-0.2, -0.15) is 0 Å². The maximum Gasteiger partial charge on any atom is 0.0702 e. The maximum absolute atomic E-state index is 9.00. The van der Waals surface area contributed by atoms with Crippen molar-refractivity contribution in [3.63, 3.8) is 0 Å². The summed E-state index contributed by atoms with van der Waals surface area (Å²) >= 11 is 5.92. The minimum Gasteiger partial charge on any atom is -0.398 e. The number of hydrogen-bond acceptors (Lipinski definition) is 4. The van der Waals surface area contributed by atoms with Crippen LogP contribution in [0.3, 0.4) is 0 Å². The minimum absolute atomic E-state index is 0.0230. The standard InChI is InChI=1S/C9H9NOS2/c10-7-2-9-6(1-5(7)3-11)8(12)4-13-9/h1-2,4,11-12H,3,10H2. The van der Waals surface area contributed by atoms with Crippen molar-refractivity contribution >= 4 is 39.7 Å². The molecule has 0 radical (unpaired) electrons. The Morgan fingerprint density at radius 3 is 2.92 bits per heavy atom. The van der Waals surface area contributed by atoms with Crippen LogP contribution in [0.4, 0.5) is 5.69 Å². The lowest BCUT2D eigenvalue weighted by Crippen LogP contribution is -1.92. The third kappa shape index (κ3) is 1.41. The van der Waals surface area contributed by atoms with Crippen molar-refractivity contribution in [1.82, 2.24) is 0 Å². The van der Waals surface area contributed by atoms with Crippen LogP contribution in [0.25, 0.3) is 10.1 Å². The Bertz CT molecular complexity index is 450. The van der Waals surface area contributed by atoms with Crippen molar-refractivity contribution in [3.8, 4) is 0 Å². The molecule has 1 aromatic carbocycles. The Balaban J connectivity index is 2.77. The number of thiophene rings is 1. The molecule has 0 aliphatic carbocycles. The second-order valence-corrected chi connectivity index (χ2v) is 4.22. The molecule has 0 fully saturated rings. The summed E-state index contributed by atoms with van der Waals surface area (Å²) in [5.74, 6) is 0. The molecule has 2 aromatic rings. The Labute approximate surface area is 85.4 Å². The molecule has 2 rings (SSSR count). The number of nitrogen functional groups attached to an aromatic ring is 1. The maximum atomic E-state index is 9.00. The highest BCUT2D eigenvalue weighted by Gasteiger charge is 2.05. The Kier molecular flexibility index (Phi) is 2.19. The summed E-state index contributed by atoms with van der Waals surface area (Å²) in [7, 11) is 0. The molecule has 0 amide bonds. The van der Waals surface area contributed by atoms with Crippen molar-refractivity contribution in [2.45, 2.75) is 11.5 Å². The van der Waals surface area contributed by atoms with Crippen LogP contribution < -0.4 is 5.73 Å². The van der Waals surface area contributed by atoms with Gasteiger partial charge in [-0.05, 0) is 12.1 Å². The fourth-order valence-corrected chi connectivity index (χ4v) is 2.53. The second-order valence-electron chi connectivity index (χ2n) is 2.83. The lowest BCUT2D eigenvalue weighted by Gasteiger charge is -2.02. The zero-order chi connectivity index (χ0) is 9.42. The van der Waals surface area contributed by atoms with E-state index in [2.05, 4.69) is 12.6 Å². The predicted molar refractivity (Wildman–Crippen MR) is 59.4 cm³/mol. The topological polar surface area (TPSA) is 46.2 Å². The van der Waals surface area contributed by atoms with E-state index in [1.807, 2.05) is 17.5 Å². The lowest BCUT2D eigenvalue weighted by molar-refractivity contribution is 0.282. The van der Waals surface area contributed by atoms with Gasteiger partial charge in [0.05, 0.1) is 6.61 Å². The van der Waals surface area contributed by atoms with Gasteiger partial charge in [-0.3, -0.25) is 0 Å². The molecule has 0 saturated carbocycles. The van der Waals surface area contributed by atoms with E-state index < -0.39 is 0 Å². The number of rotatable bonds is 1. The van der Waals surface area contributed by atoms with E-state index in [0.717, 1.165) is 20.5 Å². The number of nitrogens with two attached hydrogens (primary N) is 1. The Hall–Kier alpha value is -0.710. The molecule has 68 valence electrons. The number of fused-ring (bicyclic) bond motifs is 1. The Morgan fingerprint density at radius 2 is 2.23 bits per heavy atom. The SMILES string of the molecule is Nc1cc2scc(S)c2cc1CO. The summed E-state index contributed by atoms with van der Waals surface area (Å²) in [5, 5.41) is 12.0. The molecule has 4 heteroatoms. The quantitative estimate of drug-likeness (QED) is 0.500. The summed E-state index contributed by atoms with van der Waals surface area (Å²) in [4.78, 5) is 0.940. The summed E-state index contributed by atoms with van der Waals surface area (Å²) < 4.78 is 1.11. The van der Waals surface area contributed by atoms with Crippen LogP contribution in [0.5, 0.6) is 0 Å². The number of hydrogen-bond donors (Lipinski definition) is 3. The van der Waals surface area contributed by atoms with E-state index in [1.165, 1.54) is 0 Å². The van der Waals surface area contributed by atoms with Crippen LogP contribution in [-0.4, -0.2) is 5.11 Å². The fourth-order valence-electron chi connectivity index (χ4n) is 1.26. The molecular weight excluding hydrogens is 202 g/mol. The molecule has 0 unspecified atom stereocenters. The van der Waals surface area contributed by atoms with E-state index in [4.69, 9.17) is 10.8 Å². The van der Waals surface area contributed by atoms with Crippen molar-refractivity contribution < 1.29 is 5.11 Å². The largest absolute Gasteiger partial charge is 0.398 e. The van der Waals surface area contributed by atoms with Gasteiger partial charge in [0.15, 0.2) is 0 Å². The van der Waals surface area contributed by atoms with E-state index in [0.29, 0.717) is 5.69 Å². The molecule has 2 nitrogen and oxygen atoms in total. The number of anilines is 1. The first-order valence-corrected chi connectivity index (χ1v) is 5.14. The summed E-state index contributed by atoms with van der Waals surface area (Å²) in [6.07, 6.45) is 0. The first-order chi connectivity index (χ1) is 6.22. The van der Waals surface area contributed by atoms with Gasteiger partial charge >= 0.3 is 0 Å². The zero-order valence-corrected chi connectivity index (χ0v) is 8.53. The molecule has 0 aliphatic rings. The van der Waals surface area contributed by atoms with Crippen LogP contribution >= 0.6 is 24.0 Å². The van der Waals surface area contributed by atoms with Gasteiger partial charge in [0, 0.05) is 31.6 Å². The monoisotopic (exact) mass is 211 g/mol. The molecule has 0 saturated heterocycles. The molecule has 3 N–H and O–H groups in total. The van der Waals surface area contributed by atoms with Gasteiger partial charge in [0.25, 0.3) is 0 Å². The van der Waals surface area contributed by atoms with Crippen LogP contribution in [0.15, 0.2) is 22.4 Å². The first kappa shape index (κ1) is 8.87. The smallest absolute Gasteiger partial charge is 0.0702 e. The summed E-state index contributed by atoms with van der Waals surface area (Å²) in [6, 6.07) is 3.77. The average molecular weight is 211 g/mol. The summed E-state index contributed by atoms with van der Waals surface area (Å²) in [6.45, 7) is -0.0230. The zero-order valence-electron chi connectivity index (χ0n) is 6.82. The van der Waals surface area contributed by atoms with Gasteiger partial charge in [-0.1, -0.05) is 0 Å². The highest BCUT2D eigenvalue weighted by molar-refractivity contribution is 7.80. The summed E-state index contributed by atoms with van der Waals surface area (Å²) in [5.41, 5.74) is 7.14. The number of thiol groups is 1.